The fourth-order valence-electron chi connectivity index (χ4n) is 4.87. The van der Waals surface area contributed by atoms with Gasteiger partial charge in [0.1, 0.15) is 11.5 Å². The zero-order chi connectivity index (χ0) is 18.6. The Hall–Kier alpha value is -2.59. The molecule has 0 aliphatic carbocycles. The Morgan fingerprint density at radius 3 is 2.22 bits per heavy atom. The van der Waals surface area contributed by atoms with Crippen LogP contribution in [-0.2, 0) is 19.9 Å². The number of rotatable bonds is 3. The number of benzene rings is 2. The van der Waals surface area contributed by atoms with Crippen LogP contribution in [0.25, 0.3) is 0 Å². The molecule has 3 atom stereocenters. The summed E-state index contributed by atoms with van der Waals surface area (Å²) in [6, 6.07) is 15.7. The first-order valence-corrected chi connectivity index (χ1v) is 9.51. The third kappa shape index (κ3) is 2.36. The molecule has 4 heteroatoms. The van der Waals surface area contributed by atoms with Crippen molar-refractivity contribution in [3.63, 3.8) is 0 Å². The summed E-state index contributed by atoms with van der Waals surface area (Å²) in [6.45, 7) is 5.49. The van der Waals surface area contributed by atoms with Gasteiger partial charge in [-0.15, -0.1) is 0 Å². The minimum Gasteiger partial charge on any atom is -0.456 e. The molecule has 27 heavy (non-hydrogen) atoms. The molecule has 2 aromatic carbocycles. The molecule has 0 radical (unpaired) electrons. The van der Waals surface area contributed by atoms with Crippen LogP contribution in [0.5, 0.6) is 11.5 Å². The molecule has 138 valence electrons. The first-order chi connectivity index (χ1) is 13.1. The standard InChI is InChI=1S/C23H22O4/c1-14(2)22(24)27-23(18-13-15-11-12-21(18)25-15)16-7-3-5-9-19(16)26-20-10-6-4-8-17(20)23/h3-10,15,18,21H,1,11-13H2,2H3. The molecule has 4 nitrogen and oxygen atoms in total. The van der Waals surface area contributed by atoms with Gasteiger partial charge in [-0.3, -0.25) is 0 Å². The van der Waals surface area contributed by atoms with Crippen LogP contribution in [0.4, 0.5) is 0 Å². The summed E-state index contributed by atoms with van der Waals surface area (Å²) in [5.41, 5.74) is 1.24. The highest BCUT2D eigenvalue weighted by Crippen LogP contribution is 2.58. The minimum absolute atomic E-state index is 0.0470. The Kier molecular flexibility index (Phi) is 3.66. The molecule has 3 unspecified atom stereocenters. The molecule has 3 heterocycles. The lowest BCUT2D eigenvalue weighted by atomic mass is 9.68. The Balaban J connectivity index is 1.77. The summed E-state index contributed by atoms with van der Waals surface area (Å²) in [6.07, 6.45) is 3.25. The van der Waals surface area contributed by atoms with Crippen molar-refractivity contribution in [3.05, 3.63) is 71.8 Å². The molecule has 0 saturated carbocycles. The predicted molar refractivity (Wildman–Crippen MR) is 101 cm³/mol. The SMILES string of the molecule is C=C(C)C(=O)OC1(C2CC3CCC2O3)c2ccccc2Oc2ccccc21. The highest BCUT2D eigenvalue weighted by molar-refractivity contribution is 5.88. The van der Waals surface area contributed by atoms with Crippen LogP contribution < -0.4 is 4.74 Å². The van der Waals surface area contributed by atoms with E-state index >= 15 is 0 Å². The van der Waals surface area contributed by atoms with Gasteiger partial charge in [-0.1, -0.05) is 43.0 Å². The summed E-state index contributed by atoms with van der Waals surface area (Å²) < 4.78 is 18.7. The van der Waals surface area contributed by atoms with E-state index in [1.165, 1.54) is 0 Å². The number of esters is 1. The maximum absolute atomic E-state index is 12.8. The van der Waals surface area contributed by atoms with Crippen molar-refractivity contribution >= 4 is 5.97 Å². The van der Waals surface area contributed by atoms with E-state index in [1.807, 2.05) is 48.5 Å². The summed E-state index contributed by atoms with van der Waals surface area (Å²) in [5.74, 6) is 1.12. The molecule has 0 amide bonds. The van der Waals surface area contributed by atoms with E-state index in [-0.39, 0.29) is 24.1 Å². The molecule has 2 aromatic rings. The molecule has 2 saturated heterocycles. The number of hydrogen-bond donors (Lipinski definition) is 0. The highest BCUT2D eigenvalue weighted by atomic mass is 16.6. The fraction of sp³-hybridized carbons (Fsp3) is 0.348. The lowest BCUT2D eigenvalue weighted by molar-refractivity contribution is -0.160. The van der Waals surface area contributed by atoms with Crippen molar-refractivity contribution in [2.45, 2.75) is 44.0 Å². The first-order valence-electron chi connectivity index (χ1n) is 9.51. The van der Waals surface area contributed by atoms with E-state index in [0.717, 1.165) is 41.9 Å². The maximum Gasteiger partial charge on any atom is 0.334 e. The van der Waals surface area contributed by atoms with Gasteiger partial charge in [0.2, 0.25) is 0 Å². The zero-order valence-corrected chi connectivity index (χ0v) is 15.3. The van der Waals surface area contributed by atoms with Crippen molar-refractivity contribution in [1.82, 2.24) is 0 Å². The van der Waals surface area contributed by atoms with Gasteiger partial charge in [-0.05, 0) is 38.3 Å². The zero-order valence-electron chi connectivity index (χ0n) is 15.3. The summed E-state index contributed by atoms with van der Waals surface area (Å²) in [5, 5.41) is 0. The van der Waals surface area contributed by atoms with Crippen LogP contribution in [0.2, 0.25) is 0 Å². The lowest BCUT2D eigenvalue weighted by Crippen LogP contribution is -2.47. The van der Waals surface area contributed by atoms with E-state index < -0.39 is 5.60 Å². The third-order valence-corrected chi connectivity index (χ3v) is 6.02. The van der Waals surface area contributed by atoms with Crippen LogP contribution in [0.3, 0.4) is 0 Å². The fourth-order valence-corrected chi connectivity index (χ4v) is 4.87. The molecular weight excluding hydrogens is 340 g/mol. The van der Waals surface area contributed by atoms with Gasteiger partial charge in [0.25, 0.3) is 0 Å². The second-order valence-corrected chi connectivity index (χ2v) is 7.72. The number of para-hydroxylation sites is 2. The Morgan fingerprint density at radius 1 is 1.07 bits per heavy atom. The first kappa shape index (κ1) is 16.6. The molecule has 0 aromatic heterocycles. The molecule has 0 N–H and O–H groups in total. The summed E-state index contributed by atoms with van der Waals surface area (Å²) in [7, 11) is 0. The van der Waals surface area contributed by atoms with Gasteiger partial charge in [0.05, 0.1) is 12.2 Å². The average Bonchev–Trinajstić information content (AvgIpc) is 3.31. The molecule has 3 aliphatic rings. The smallest absolute Gasteiger partial charge is 0.334 e. The van der Waals surface area contributed by atoms with Crippen LogP contribution in [0.15, 0.2) is 60.7 Å². The lowest BCUT2D eigenvalue weighted by Gasteiger charge is -2.45. The number of carbonyl (C=O) groups excluding carboxylic acids is 1. The highest BCUT2D eigenvalue weighted by Gasteiger charge is 2.59. The Labute approximate surface area is 158 Å². The third-order valence-electron chi connectivity index (χ3n) is 6.02. The van der Waals surface area contributed by atoms with Gasteiger partial charge in [0, 0.05) is 22.6 Å². The number of ether oxygens (including phenoxy) is 3. The molecule has 0 spiro atoms. The Bertz CT molecular complexity index is 886. The normalized spacial score (nSPS) is 26.6. The topological polar surface area (TPSA) is 44.8 Å². The van der Waals surface area contributed by atoms with Crippen LogP contribution in [0, 0.1) is 5.92 Å². The second kappa shape index (κ2) is 5.96. The summed E-state index contributed by atoms with van der Waals surface area (Å²) >= 11 is 0. The van der Waals surface area contributed by atoms with Gasteiger partial charge in [-0.2, -0.15) is 0 Å². The van der Waals surface area contributed by atoms with E-state index in [1.54, 1.807) is 6.92 Å². The quantitative estimate of drug-likeness (QED) is 0.585. The molecule has 2 fully saturated rings. The van der Waals surface area contributed by atoms with Crippen molar-refractivity contribution in [3.8, 4) is 11.5 Å². The van der Waals surface area contributed by atoms with Gasteiger partial charge >= 0.3 is 5.97 Å². The minimum atomic E-state index is -0.929. The van der Waals surface area contributed by atoms with Crippen LogP contribution in [0.1, 0.15) is 37.3 Å². The maximum atomic E-state index is 12.8. The molecule has 5 rings (SSSR count). The van der Waals surface area contributed by atoms with Crippen LogP contribution in [-0.4, -0.2) is 18.2 Å². The van der Waals surface area contributed by atoms with Gasteiger partial charge < -0.3 is 14.2 Å². The largest absolute Gasteiger partial charge is 0.456 e. The van der Waals surface area contributed by atoms with Crippen molar-refractivity contribution in [1.29, 1.82) is 0 Å². The number of hydrogen-bond acceptors (Lipinski definition) is 4. The van der Waals surface area contributed by atoms with Crippen LogP contribution >= 0.6 is 0 Å². The van der Waals surface area contributed by atoms with Gasteiger partial charge in [0.15, 0.2) is 5.60 Å². The average molecular weight is 362 g/mol. The monoisotopic (exact) mass is 362 g/mol. The second-order valence-electron chi connectivity index (χ2n) is 7.72. The molecule has 2 bridgehead atoms. The summed E-state index contributed by atoms with van der Waals surface area (Å²) in [4.78, 5) is 12.8. The van der Waals surface area contributed by atoms with E-state index in [4.69, 9.17) is 14.2 Å². The molecular formula is C23H22O4. The van der Waals surface area contributed by atoms with Gasteiger partial charge in [-0.25, -0.2) is 4.79 Å². The van der Waals surface area contributed by atoms with E-state index in [0.29, 0.717) is 5.57 Å². The van der Waals surface area contributed by atoms with Crippen molar-refractivity contribution in [2.24, 2.45) is 5.92 Å². The van der Waals surface area contributed by atoms with E-state index in [2.05, 4.69) is 6.58 Å². The molecule has 3 aliphatic heterocycles. The van der Waals surface area contributed by atoms with Crippen molar-refractivity contribution < 1.29 is 19.0 Å². The number of fused-ring (bicyclic) bond motifs is 4. The predicted octanol–water partition coefficient (Wildman–Crippen LogP) is 4.72. The Morgan fingerprint density at radius 2 is 1.70 bits per heavy atom. The van der Waals surface area contributed by atoms with E-state index in [9.17, 15) is 4.79 Å². The number of carbonyl (C=O) groups is 1. The van der Waals surface area contributed by atoms with Crippen molar-refractivity contribution in [2.75, 3.05) is 0 Å².